The third-order valence-electron chi connectivity index (χ3n) is 2.99. The first-order valence-corrected chi connectivity index (χ1v) is 8.24. The zero-order valence-electron chi connectivity index (χ0n) is 12.2. The fourth-order valence-electron chi connectivity index (χ4n) is 2.09. The standard InChI is InChI=1S/C15H23NO3S/c1-3-20-6-4-5-17-13-9-15-14(18-10-19-15)8-12(13)7-11(2)16/h8-9,11H,3-7,10,16H2,1-2H3. The number of benzene rings is 1. The fraction of sp³-hybridized carbons (Fsp3) is 0.600. The Labute approximate surface area is 125 Å². The molecule has 1 aliphatic rings. The van der Waals surface area contributed by atoms with Crippen LogP contribution in [0.1, 0.15) is 25.8 Å². The molecular weight excluding hydrogens is 274 g/mol. The zero-order chi connectivity index (χ0) is 14.4. The summed E-state index contributed by atoms with van der Waals surface area (Å²) in [5.74, 6) is 4.70. The number of hydrogen-bond acceptors (Lipinski definition) is 5. The van der Waals surface area contributed by atoms with Crippen LogP contribution in [0.25, 0.3) is 0 Å². The first-order chi connectivity index (χ1) is 9.70. The van der Waals surface area contributed by atoms with E-state index in [-0.39, 0.29) is 12.8 Å². The van der Waals surface area contributed by atoms with Crippen LogP contribution in [0.15, 0.2) is 12.1 Å². The van der Waals surface area contributed by atoms with Crippen molar-refractivity contribution < 1.29 is 14.2 Å². The van der Waals surface area contributed by atoms with E-state index >= 15 is 0 Å². The van der Waals surface area contributed by atoms with Gasteiger partial charge in [0.25, 0.3) is 0 Å². The zero-order valence-corrected chi connectivity index (χ0v) is 13.0. The molecule has 0 radical (unpaired) electrons. The van der Waals surface area contributed by atoms with E-state index in [0.29, 0.717) is 0 Å². The Morgan fingerprint density at radius 2 is 2.10 bits per heavy atom. The van der Waals surface area contributed by atoms with Gasteiger partial charge in [-0.15, -0.1) is 0 Å². The second kappa shape index (κ2) is 7.64. The lowest BCUT2D eigenvalue weighted by atomic mass is 10.1. The summed E-state index contributed by atoms with van der Waals surface area (Å²) in [6, 6.07) is 4.00. The second-order valence-corrected chi connectivity index (χ2v) is 6.29. The lowest BCUT2D eigenvalue weighted by molar-refractivity contribution is 0.173. The average molecular weight is 297 g/mol. The average Bonchev–Trinajstić information content (AvgIpc) is 2.85. The van der Waals surface area contributed by atoms with Gasteiger partial charge in [-0.1, -0.05) is 6.92 Å². The molecule has 4 nitrogen and oxygen atoms in total. The van der Waals surface area contributed by atoms with Crippen LogP contribution in [0.3, 0.4) is 0 Å². The highest BCUT2D eigenvalue weighted by molar-refractivity contribution is 7.99. The van der Waals surface area contributed by atoms with Crippen molar-refractivity contribution in [2.75, 3.05) is 24.9 Å². The van der Waals surface area contributed by atoms with Gasteiger partial charge in [0.15, 0.2) is 11.5 Å². The van der Waals surface area contributed by atoms with E-state index in [9.17, 15) is 0 Å². The van der Waals surface area contributed by atoms with Gasteiger partial charge in [-0.3, -0.25) is 0 Å². The third kappa shape index (κ3) is 4.21. The number of nitrogens with two attached hydrogens (primary N) is 1. The lowest BCUT2D eigenvalue weighted by Gasteiger charge is -2.14. The van der Waals surface area contributed by atoms with Crippen LogP contribution < -0.4 is 19.9 Å². The summed E-state index contributed by atoms with van der Waals surface area (Å²) in [6.45, 7) is 5.17. The molecule has 1 heterocycles. The van der Waals surface area contributed by atoms with Gasteiger partial charge in [0, 0.05) is 12.1 Å². The van der Waals surface area contributed by atoms with Gasteiger partial charge in [0.05, 0.1) is 6.61 Å². The molecule has 20 heavy (non-hydrogen) atoms. The first-order valence-electron chi connectivity index (χ1n) is 7.09. The molecule has 1 aromatic carbocycles. The van der Waals surface area contributed by atoms with Crippen LogP contribution in [-0.2, 0) is 6.42 Å². The Morgan fingerprint density at radius 1 is 1.35 bits per heavy atom. The number of rotatable bonds is 8. The van der Waals surface area contributed by atoms with E-state index < -0.39 is 0 Å². The van der Waals surface area contributed by atoms with E-state index in [2.05, 4.69) is 6.92 Å². The molecule has 0 spiro atoms. The fourth-order valence-corrected chi connectivity index (χ4v) is 2.70. The summed E-state index contributed by atoms with van der Waals surface area (Å²) in [7, 11) is 0. The van der Waals surface area contributed by atoms with E-state index in [1.807, 2.05) is 30.8 Å². The van der Waals surface area contributed by atoms with Gasteiger partial charge in [0.2, 0.25) is 6.79 Å². The predicted octanol–water partition coefficient (Wildman–Crippen LogP) is 2.83. The first kappa shape index (κ1) is 15.3. The Bertz CT molecular complexity index is 437. The van der Waals surface area contributed by atoms with Crippen LogP contribution in [0, 0.1) is 0 Å². The van der Waals surface area contributed by atoms with Crippen LogP contribution >= 0.6 is 11.8 Å². The monoisotopic (exact) mass is 297 g/mol. The van der Waals surface area contributed by atoms with Crippen LogP contribution in [0.2, 0.25) is 0 Å². The van der Waals surface area contributed by atoms with Crippen molar-refractivity contribution in [3.8, 4) is 17.2 Å². The largest absolute Gasteiger partial charge is 0.493 e. The number of thioether (sulfide) groups is 1. The molecule has 0 bridgehead atoms. The van der Waals surface area contributed by atoms with Crippen molar-refractivity contribution >= 4 is 11.8 Å². The van der Waals surface area contributed by atoms with Crippen molar-refractivity contribution in [2.45, 2.75) is 32.7 Å². The van der Waals surface area contributed by atoms with Crippen LogP contribution in [0.4, 0.5) is 0 Å². The highest BCUT2D eigenvalue weighted by atomic mass is 32.2. The van der Waals surface area contributed by atoms with Gasteiger partial charge < -0.3 is 19.9 Å². The summed E-state index contributed by atoms with van der Waals surface area (Å²) in [5.41, 5.74) is 6.99. The maximum Gasteiger partial charge on any atom is 0.231 e. The normalized spacial score (nSPS) is 14.3. The van der Waals surface area contributed by atoms with Gasteiger partial charge in [-0.05, 0) is 42.9 Å². The summed E-state index contributed by atoms with van der Waals surface area (Å²) in [4.78, 5) is 0. The van der Waals surface area contributed by atoms with Gasteiger partial charge in [-0.2, -0.15) is 11.8 Å². The molecule has 2 N–H and O–H groups in total. The number of fused-ring (bicyclic) bond motifs is 1. The molecule has 1 unspecified atom stereocenters. The van der Waals surface area contributed by atoms with Crippen molar-refractivity contribution in [2.24, 2.45) is 5.73 Å². The van der Waals surface area contributed by atoms with Crippen molar-refractivity contribution in [1.82, 2.24) is 0 Å². The molecule has 1 aromatic rings. The summed E-state index contributed by atoms with van der Waals surface area (Å²) in [6.07, 6.45) is 1.82. The SMILES string of the molecule is CCSCCCOc1cc2c(cc1CC(C)N)OCO2. The highest BCUT2D eigenvalue weighted by Crippen LogP contribution is 2.38. The summed E-state index contributed by atoms with van der Waals surface area (Å²) >= 11 is 1.93. The van der Waals surface area contributed by atoms with Gasteiger partial charge in [-0.25, -0.2) is 0 Å². The highest BCUT2D eigenvalue weighted by Gasteiger charge is 2.18. The maximum absolute atomic E-state index is 5.91. The number of hydrogen-bond donors (Lipinski definition) is 1. The molecule has 2 rings (SSSR count). The summed E-state index contributed by atoms with van der Waals surface area (Å²) < 4.78 is 16.7. The van der Waals surface area contributed by atoms with E-state index in [0.717, 1.165) is 53.8 Å². The van der Waals surface area contributed by atoms with Crippen molar-refractivity contribution in [1.29, 1.82) is 0 Å². The van der Waals surface area contributed by atoms with Gasteiger partial charge >= 0.3 is 0 Å². The Hall–Kier alpha value is -1.07. The van der Waals surface area contributed by atoms with Crippen LogP contribution in [-0.4, -0.2) is 30.9 Å². The maximum atomic E-state index is 5.91. The molecule has 1 aliphatic heterocycles. The summed E-state index contributed by atoms with van der Waals surface area (Å²) in [5, 5.41) is 0. The molecule has 112 valence electrons. The quantitative estimate of drug-likeness (QED) is 0.748. The topological polar surface area (TPSA) is 53.7 Å². The smallest absolute Gasteiger partial charge is 0.231 e. The van der Waals surface area contributed by atoms with Crippen molar-refractivity contribution in [3.63, 3.8) is 0 Å². The lowest BCUT2D eigenvalue weighted by Crippen LogP contribution is -2.18. The Morgan fingerprint density at radius 3 is 2.80 bits per heavy atom. The number of ether oxygens (including phenoxy) is 3. The molecule has 0 saturated heterocycles. The second-order valence-electron chi connectivity index (χ2n) is 4.89. The third-order valence-corrected chi connectivity index (χ3v) is 3.98. The van der Waals surface area contributed by atoms with Gasteiger partial charge in [0.1, 0.15) is 5.75 Å². The minimum atomic E-state index is 0.0911. The Balaban J connectivity index is 2.01. The molecule has 0 fully saturated rings. The minimum absolute atomic E-state index is 0.0911. The molecule has 0 aromatic heterocycles. The molecule has 0 aliphatic carbocycles. The minimum Gasteiger partial charge on any atom is -0.493 e. The van der Waals surface area contributed by atoms with Crippen molar-refractivity contribution in [3.05, 3.63) is 17.7 Å². The Kier molecular flexibility index (Phi) is 5.86. The van der Waals surface area contributed by atoms with E-state index in [1.165, 1.54) is 0 Å². The van der Waals surface area contributed by atoms with E-state index in [4.69, 9.17) is 19.9 Å². The molecule has 0 amide bonds. The predicted molar refractivity (Wildman–Crippen MR) is 83.0 cm³/mol. The molecular formula is C15H23NO3S. The molecule has 0 saturated carbocycles. The molecule has 5 heteroatoms. The van der Waals surface area contributed by atoms with E-state index in [1.54, 1.807) is 0 Å². The molecule has 1 atom stereocenters. The van der Waals surface area contributed by atoms with Crippen LogP contribution in [0.5, 0.6) is 17.2 Å².